The third-order valence-corrected chi connectivity index (χ3v) is 5.78. The van der Waals surface area contributed by atoms with Crippen LogP contribution in [0.2, 0.25) is 0 Å². The van der Waals surface area contributed by atoms with Gasteiger partial charge in [0.1, 0.15) is 0 Å². The molecule has 1 spiro atoms. The first-order valence-electron chi connectivity index (χ1n) is 9.99. The third-order valence-electron chi connectivity index (χ3n) is 5.78. The highest BCUT2D eigenvalue weighted by molar-refractivity contribution is 5.74. The normalized spacial score (nSPS) is 21.9. The molecule has 1 aliphatic carbocycles. The SMILES string of the molecule is O=C(O)CCC(Cc1ccccc1)NC(=O)NCC1CCOC2(CCC2)C1. The van der Waals surface area contributed by atoms with Gasteiger partial charge in [-0.15, -0.1) is 0 Å². The number of carbonyl (C=O) groups is 2. The highest BCUT2D eigenvalue weighted by Gasteiger charge is 2.42. The molecule has 2 unspecified atom stereocenters. The molecule has 2 aliphatic rings. The fraction of sp³-hybridized carbons (Fsp3) is 0.619. The van der Waals surface area contributed by atoms with Crippen molar-refractivity contribution < 1.29 is 19.4 Å². The van der Waals surface area contributed by atoms with Crippen molar-refractivity contribution in [2.24, 2.45) is 5.92 Å². The number of carboxylic acid groups (broad SMARTS) is 1. The number of carbonyl (C=O) groups excluding carboxylic acids is 1. The maximum Gasteiger partial charge on any atom is 0.315 e. The van der Waals surface area contributed by atoms with Crippen LogP contribution < -0.4 is 10.6 Å². The zero-order chi connectivity index (χ0) is 19.1. The van der Waals surface area contributed by atoms with Gasteiger partial charge in [0.25, 0.3) is 0 Å². The maximum absolute atomic E-state index is 12.4. The van der Waals surface area contributed by atoms with Crippen molar-refractivity contribution in [3.8, 4) is 0 Å². The fourth-order valence-corrected chi connectivity index (χ4v) is 4.12. The van der Waals surface area contributed by atoms with E-state index in [1.807, 2.05) is 30.3 Å². The van der Waals surface area contributed by atoms with Crippen LogP contribution in [0.15, 0.2) is 30.3 Å². The largest absolute Gasteiger partial charge is 0.481 e. The van der Waals surface area contributed by atoms with Crippen LogP contribution >= 0.6 is 0 Å². The van der Waals surface area contributed by atoms with Crippen molar-refractivity contribution in [3.63, 3.8) is 0 Å². The Morgan fingerprint density at radius 3 is 2.70 bits per heavy atom. The van der Waals surface area contributed by atoms with Gasteiger partial charge in [-0.25, -0.2) is 4.79 Å². The summed E-state index contributed by atoms with van der Waals surface area (Å²) in [5, 5.41) is 14.9. The quantitative estimate of drug-likeness (QED) is 0.652. The van der Waals surface area contributed by atoms with Gasteiger partial charge >= 0.3 is 12.0 Å². The van der Waals surface area contributed by atoms with Gasteiger partial charge in [-0.05, 0) is 56.4 Å². The van der Waals surface area contributed by atoms with Gasteiger partial charge in [0.2, 0.25) is 0 Å². The van der Waals surface area contributed by atoms with Crippen molar-refractivity contribution in [1.82, 2.24) is 10.6 Å². The van der Waals surface area contributed by atoms with Crippen LogP contribution in [0.1, 0.15) is 50.5 Å². The molecule has 3 rings (SSSR count). The van der Waals surface area contributed by atoms with Crippen molar-refractivity contribution in [1.29, 1.82) is 0 Å². The first-order chi connectivity index (χ1) is 13.0. The van der Waals surface area contributed by atoms with E-state index in [1.54, 1.807) is 0 Å². The summed E-state index contributed by atoms with van der Waals surface area (Å²) < 4.78 is 5.94. The Morgan fingerprint density at radius 2 is 2.04 bits per heavy atom. The molecule has 148 valence electrons. The molecule has 2 atom stereocenters. The van der Waals surface area contributed by atoms with Crippen LogP contribution in [-0.4, -0.2) is 41.9 Å². The molecule has 1 saturated carbocycles. The molecule has 6 heteroatoms. The summed E-state index contributed by atoms with van der Waals surface area (Å²) in [6, 6.07) is 9.42. The molecule has 2 fully saturated rings. The Kier molecular flexibility index (Phi) is 6.72. The molecular weight excluding hydrogens is 344 g/mol. The first kappa shape index (κ1) is 19.7. The van der Waals surface area contributed by atoms with Crippen LogP contribution in [0.25, 0.3) is 0 Å². The Hall–Kier alpha value is -2.08. The van der Waals surface area contributed by atoms with Crippen LogP contribution in [0, 0.1) is 5.92 Å². The van der Waals surface area contributed by atoms with E-state index in [-0.39, 0.29) is 24.1 Å². The van der Waals surface area contributed by atoms with Crippen molar-refractivity contribution >= 4 is 12.0 Å². The predicted octanol–water partition coefficient (Wildman–Crippen LogP) is 3.11. The third kappa shape index (κ3) is 5.96. The van der Waals surface area contributed by atoms with E-state index < -0.39 is 5.97 Å². The number of urea groups is 1. The van der Waals surface area contributed by atoms with E-state index >= 15 is 0 Å². The molecule has 1 aliphatic heterocycles. The summed E-state index contributed by atoms with van der Waals surface area (Å²) >= 11 is 0. The van der Waals surface area contributed by atoms with Gasteiger partial charge in [-0.2, -0.15) is 0 Å². The molecule has 6 nitrogen and oxygen atoms in total. The summed E-state index contributed by atoms with van der Waals surface area (Å²) in [4.78, 5) is 23.3. The molecule has 1 aromatic rings. The molecule has 0 bridgehead atoms. The standard InChI is InChI=1S/C21H30N2O4/c24-19(25)8-7-18(13-16-5-2-1-3-6-16)23-20(26)22-15-17-9-12-27-21(14-17)10-4-11-21/h1-3,5-6,17-18H,4,7-15H2,(H,24,25)(H2,22,23,26). The lowest BCUT2D eigenvalue weighted by Crippen LogP contribution is -2.49. The smallest absolute Gasteiger partial charge is 0.315 e. The molecule has 0 radical (unpaired) electrons. The predicted molar refractivity (Wildman–Crippen MR) is 103 cm³/mol. The zero-order valence-electron chi connectivity index (χ0n) is 15.8. The van der Waals surface area contributed by atoms with E-state index in [4.69, 9.17) is 9.84 Å². The summed E-state index contributed by atoms with van der Waals surface area (Å²) in [5.41, 5.74) is 1.17. The number of hydrogen-bond acceptors (Lipinski definition) is 3. The molecule has 0 aromatic heterocycles. The Bertz CT molecular complexity index is 630. The molecule has 2 amide bonds. The number of amides is 2. The monoisotopic (exact) mass is 374 g/mol. The van der Waals surface area contributed by atoms with Crippen molar-refractivity contribution in [2.75, 3.05) is 13.2 Å². The van der Waals surface area contributed by atoms with Gasteiger partial charge in [0, 0.05) is 25.6 Å². The number of hydrogen-bond donors (Lipinski definition) is 3. The fourth-order valence-electron chi connectivity index (χ4n) is 4.12. The summed E-state index contributed by atoms with van der Waals surface area (Å²) in [7, 11) is 0. The average molecular weight is 374 g/mol. The highest BCUT2D eigenvalue weighted by Crippen LogP contribution is 2.43. The van der Waals surface area contributed by atoms with Crippen LogP contribution in [0.4, 0.5) is 4.79 Å². The van der Waals surface area contributed by atoms with Gasteiger partial charge in [0.05, 0.1) is 5.60 Å². The van der Waals surface area contributed by atoms with E-state index in [0.29, 0.717) is 25.3 Å². The topological polar surface area (TPSA) is 87.7 Å². The van der Waals surface area contributed by atoms with Gasteiger partial charge < -0.3 is 20.5 Å². The van der Waals surface area contributed by atoms with Crippen LogP contribution in [0.3, 0.4) is 0 Å². The van der Waals surface area contributed by atoms with Crippen molar-refractivity contribution in [2.45, 2.75) is 63.0 Å². The zero-order valence-corrected chi connectivity index (χ0v) is 15.8. The van der Waals surface area contributed by atoms with Gasteiger partial charge in [-0.3, -0.25) is 4.79 Å². The number of ether oxygens (including phenoxy) is 1. The minimum Gasteiger partial charge on any atom is -0.481 e. The molecule has 1 heterocycles. The van der Waals surface area contributed by atoms with Crippen LogP contribution in [-0.2, 0) is 16.0 Å². The Balaban J connectivity index is 1.46. The van der Waals surface area contributed by atoms with E-state index in [0.717, 1.165) is 37.9 Å². The molecule has 3 N–H and O–H groups in total. The minimum absolute atomic E-state index is 0.0419. The molecule has 1 saturated heterocycles. The lowest BCUT2D eigenvalue weighted by atomic mass is 9.72. The van der Waals surface area contributed by atoms with E-state index in [1.165, 1.54) is 6.42 Å². The minimum atomic E-state index is -0.844. The van der Waals surface area contributed by atoms with Crippen LogP contribution in [0.5, 0.6) is 0 Å². The van der Waals surface area contributed by atoms with E-state index in [9.17, 15) is 9.59 Å². The van der Waals surface area contributed by atoms with Crippen molar-refractivity contribution in [3.05, 3.63) is 35.9 Å². The average Bonchev–Trinajstić information content (AvgIpc) is 2.64. The Labute approximate surface area is 160 Å². The summed E-state index contributed by atoms with van der Waals surface area (Å²) in [6.07, 6.45) is 6.62. The number of nitrogens with one attached hydrogen (secondary N) is 2. The van der Waals surface area contributed by atoms with Gasteiger partial charge in [0.15, 0.2) is 0 Å². The maximum atomic E-state index is 12.4. The Morgan fingerprint density at radius 1 is 1.26 bits per heavy atom. The highest BCUT2D eigenvalue weighted by atomic mass is 16.5. The molecule has 1 aromatic carbocycles. The number of aliphatic carboxylic acids is 1. The first-order valence-corrected chi connectivity index (χ1v) is 9.99. The number of benzene rings is 1. The molecular formula is C21H30N2O4. The van der Waals surface area contributed by atoms with E-state index in [2.05, 4.69) is 10.6 Å². The lowest BCUT2D eigenvalue weighted by Gasteiger charge is -2.47. The molecule has 27 heavy (non-hydrogen) atoms. The second-order valence-corrected chi connectivity index (χ2v) is 7.92. The number of carboxylic acids is 1. The lowest BCUT2D eigenvalue weighted by molar-refractivity contribution is -0.142. The number of rotatable bonds is 8. The second-order valence-electron chi connectivity index (χ2n) is 7.92. The summed E-state index contributed by atoms with van der Waals surface area (Å²) in [5.74, 6) is -0.389. The summed E-state index contributed by atoms with van der Waals surface area (Å²) in [6.45, 7) is 1.43. The van der Waals surface area contributed by atoms with Gasteiger partial charge in [-0.1, -0.05) is 30.3 Å². The second kappa shape index (κ2) is 9.22.